The van der Waals surface area contributed by atoms with Crippen molar-refractivity contribution in [3.63, 3.8) is 0 Å². The summed E-state index contributed by atoms with van der Waals surface area (Å²) < 4.78 is 0. The Hall–Kier alpha value is -0.960. The fourth-order valence-corrected chi connectivity index (χ4v) is 2.20. The molecule has 108 valence electrons. The average molecular weight is 263 g/mol. The predicted octanol–water partition coefficient (Wildman–Crippen LogP) is 4.02. The van der Waals surface area contributed by atoms with E-state index in [4.69, 9.17) is 0 Å². The normalized spacial score (nSPS) is 10.8. The van der Waals surface area contributed by atoms with Crippen LogP contribution >= 0.6 is 0 Å². The quantitative estimate of drug-likeness (QED) is 0.613. The van der Waals surface area contributed by atoms with Gasteiger partial charge in [-0.2, -0.15) is 0 Å². The Morgan fingerprint density at radius 1 is 1.00 bits per heavy atom. The molecule has 0 saturated heterocycles. The molecule has 0 spiro atoms. The van der Waals surface area contributed by atoms with Crippen molar-refractivity contribution in [1.82, 2.24) is 15.3 Å². The van der Waals surface area contributed by atoms with E-state index in [1.54, 1.807) is 0 Å². The molecule has 0 amide bonds. The van der Waals surface area contributed by atoms with Crippen LogP contribution in [0.25, 0.3) is 0 Å². The van der Waals surface area contributed by atoms with Gasteiger partial charge in [0.15, 0.2) is 0 Å². The molecule has 1 heterocycles. The number of nitrogens with zero attached hydrogens (tertiary/aromatic N) is 2. The van der Waals surface area contributed by atoms with Crippen LogP contribution in [0.5, 0.6) is 0 Å². The van der Waals surface area contributed by atoms with E-state index in [-0.39, 0.29) is 0 Å². The van der Waals surface area contributed by atoms with Crippen LogP contribution < -0.4 is 5.32 Å². The molecule has 0 bridgehead atoms. The van der Waals surface area contributed by atoms with Crippen molar-refractivity contribution in [2.45, 2.75) is 71.8 Å². The highest BCUT2D eigenvalue weighted by atomic mass is 14.9. The zero-order valence-electron chi connectivity index (χ0n) is 12.6. The molecule has 0 atom stereocenters. The minimum absolute atomic E-state index is 0.853. The summed E-state index contributed by atoms with van der Waals surface area (Å²) in [6.07, 6.45) is 12.8. The fourth-order valence-electron chi connectivity index (χ4n) is 2.20. The van der Waals surface area contributed by atoms with Crippen molar-refractivity contribution in [3.8, 4) is 0 Å². The molecule has 0 unspecified atom stereocenters. The number of rotatable bonds is 11. The summed E-state index contributed by atoms with van der Waals surface area (Å²) in [5.41, 5.74) is 1.09. The van der Waals surface area contributed by atoms with Gasteiger partial charge in [-0.1, -0.05) is 51.9 Å². The number of unbranched alkanes of at least 4 members (excludes halogenated alkanes) is 7. The van der Waals surface area contributed by atoms with Gasteiger partial charge in [0.05, 0.1) is 5.69 Å². The third-order valence-electron chi connectivity index (χ3n) is 3.35. The highest BCUT2D eigenvalue weighted by Gasteiger charge is 1.95. The summed E-state index contributed by atoms with van der Waals surface area (Å²) >= 11 is 0. The lowest BCUT2D eigenvalue weighted by Gasteiger charge is -2.05. The van der Waals surface area contributed by atoms with Crippen LogP contribution in [0, 0.1) is 6.92 Å². The van der Waals surface area contributed by atoms with E-state index in [9.17, 15) is 0 Å². The SMILES string of the molecule is CCCCCCCCCCNCc1ccnc(C)n1. The van der Waals surface area contributed by atoms with E-state index >= 15 is 0 Å². The van der Waals surface area contributed by atoms with Crippen molar-refractivity contribution in [3.05, 3.63) is 23.8 Å². The maximum atomic E-state index is 4.38. The van der Waals surface area contributed by atoms with Gasteiger partial charge >= 0.3 is 0 Å². The molecule has 0 aliphatic carbocycles. The molecule has 0 fully saturated rings. The van der Waals surface area contributed by atoms with Crippen LogP contribution in [0.4, 0.5) is 0 Å². The zero-order valence-corrected chi connectivity index (χ0v) is 12.6. The molecule has 1 N–H and O–H groups in total. The first-order valence-electron chi connectivity index (χ1n) is 7.82. The minimum Gasteiger partial charge on any atom is -0.311 e. The van der Waals surface area contributed by atoms with E-state index in [1.165, 1.54) is 51.4 Å². The molecular formula is C16H29N3. The van der Waals surface area contributed by atoms with Gasteiger partial charge < -0.3 is 5.32 Å². The number of nitrogens with one attached hydrogen (secondary N) is 1. The average Bonchev–Trinajstić information content (AvgIpc) is 2.41. The van der Waals surface area contributed by atoms with Crippen molar-refractivity contribution in [1.29, 1.82) is 0 Å². The maximum absolute atomic E-state index is 4.38. The summed E-state index contributed by atoms with van der Waals surface area (Å²) in [5, 5.41) is 3.45. The molecular weight excluding hydrogens is 234 g/mol. The first-order valence-corrected chi connectivity index (χ1v) is 7.82. The van der Waals surface area contributed by atoms with Crippen LogP contribution in [0.1, 0.15) is 69.8 Å². The highest BCUT2D eigenvalue weighted by Crippen LogP contribution is 2.07. The van der Waals surface area contributed by atoms with E-state index < -0.39 is 0 Å². The van der Waals surface area contributed by atoms with Gasteiger partial charge in [-0.3, -0.25) is 0 Å². The second-order valence-corrected chi connectivity index (χ2v) is 5.25. The molecule has 0 aromatic carbocycles. The summed E-state index contributed by atoms with van der Waals surface area (Å²) in [4.78, 5) is 8.48. The third kappa shape index (κ3) is 8.71. The van der Waals surface area contributed by atoms with Crippen molar-refractivity contribution in [2.24, 2.45) is 0 Å². The Morgan fingerprint density at radius 3 is 2.37 bits per heavy atom. The Labute approximate surface area is 118 Å². The van der Waals surface area contributed by atoms with Gasteiger partial charge in [0, 0.05) is 12.7 Å². The van der Waals surface area contributed by atoms with Crippen LogP contribution in [-0.2, 0) is 6.54 Å². The standard InChI is InChI=1S/C16H29N3/c1-3-4-5-6-7-8-9-10-12-17-14-16-11-13-18-15(2)19-16/h11,13,17H,3-10,12,14H2,1-2H3. The van der Waals surface area contributed by atoms with Crippen LogP contribution in [0.15, 0.2) is 12.3 Å². The lowest BCUT2D eigenvalue weighted by Crippen LogP contribution is -2.15. The van der Waals surface area contributed by atoms with Crippen LogP contribution in [-0.4, -0.2) is 16.5 Å². The molecule has 1 aromatic rings. The summed E-state index contributed by atoms with van der Waals surface area (Å²) in [6, 6.07) is 1.98. The van der Waals surface area contributed by atoms with Gasteiger partial charge in [-0.25, -0.2) is 9.97 Å². The molecule has 1 rings (SSSR count). The van der Waals surface area contributed by atoms with E-state index in [0.29, 0.717) is 0 Å². The highest BCUT2D eigenvalue weighted by molar-refractivity contribution is 5.00. The molecule has 1 aromatic heterocycles. The molecule has 19 heavy (non-hydrogen) atoms. The lowest BCUT2D eigenvalue weighted by molar-refractivity contribution is 0.553. The summed E-state index contributed by atoms with van der Waals surface area (Å²) in [5.74, 6) is 0.853. The zero-order chi connectivity index (χ0) is 13.8. The fraction of sp³-hybridized carbons (Fsp3) is 0.750. The van der Waals surface area contributed by atoms with Gasteiger partial charge in [0.25, 0.3) is 0 Å². The predicted molar refractivity (Wildman–Crippen MR) is 81.1 cm³/mol. The van der Waals surface area contributed by atoms with Gasteiger partial charge in [0.1, 0.15) is 5.82 Å². The number of aryl methyl sites for hydroxylation is 1. The number of hydrogen-bond donors (Lipinski definition) is 1. The summed E-state index contributed by atoms with van der Waals surface area (Å²) in [6.45, 7) is 6.16. The topological polar surface area (TPSA) is 37.8 Å². The second-order valence-electron chi connectivity index (χ2n) is 5.25. The van der Waals surface area contributed by atoms with Crippen molar-refractivity contribution in [2.75, 3.05) is 6.54 Å². The molecule has 3 nitrogen and oxygen atoms in total. The largest absolute Gasteiger partial charge is 0.311 e. The van der Waals surface area contributed by atoms with E-state index in [1.807, 2.05) is 19.2 Å². The molecule has 3 heteroatoms. The Bertz CT molecular complexity index is 326. The second kappa shape index (κ2) is 10.9. The minimum atomic E-state index is 0.853. The maximum Gasteiger partial charge on any atom is 0.125 e. The molecule has 0 aliphatic rings. The van der Waals surface area contributed by atoms with Gasteiger partial charge in [-0.05, 0) is 26.0 Å². The van der Waals surface area contributed by atoms with Crippen molar-refractivity contribution >= 4 is 0 Å². The van der Waals surface area contributed by atoms with E-state index in [0.717, 1.165) is 24.6 Å². The van der Waals surface area contributed by atoms with E-state index in [2.05, 4.69) is 22.2 Å². The Balaban J connectivity index is 1.89. The van der Waals surface area contributed by atoms with Crippen LogP contribution in [0.2, 0.25) is 0 Å². The van der Waals surface area contributed by atoms with Crippen molar-refractivity contribution < 1.29 is 0 Å². The Kier molecular flexibility index (Phi) is 9.25. The monoisotopic (exact) mass is 263 g/mol. The molecule has 0 saturated carbocycles. The number of hydrogen-bond acceptors (Lipinski definition) is 3. The van der Waals surface area contributed by atoms with Crippen LogP contribution in [0.3, 0.4) is 0 Å². The Morgan fingerprint density at radius 2 is 1.68 bits per heavy atom. The summed E-state index contributed by atoms with van der Waals surface area (Å²) in [7, 11) is 0. The molecule has 0 radical (unpaired) electrons. The lowest BCUT2D eigenvalue weighted by atomic mass is 10.1. The van der Waals surface area contributed by atoms with Gasteiger partial charge in [-0.15, -0.1) is 0 Å². The smallest absolute Gasteiger partial charge is 0.125 e. The van der Waals surface area contributed by atoms with Gasteiger partial charge in [0.2, 0.25) is 0 Å². The first-order chi connectivity index (χ1) is 9.33. The molecule has 0 aliphatic heterocycles. The first kappa shape index (κ1) is 16.1. The third-order valence-corrected chi connectivity index (χ3v) is 3.35. The number of aromatic nitrogens is 2.